The van der Waals surface area contributed by atoms with Gasteiger partial charge in [-0.1, -0.05) is 0 Å². The van der Waals surface area contributed by atoms with E-state index in [4.69, 9.17) is 5.73 Å². The number of anilines is 1. The lowest BCUT2D eigenvalue weighted by Gasteiger charge is -2.28. The van der Waals surface area contributed by atoms with E-state index in [0.717, 1.165) is 18.4 Å². The van der Waals surface area contributed by atoms with Crippen molar-refractivity contribution >= 4 is 17.0 Å². The van der Waals surface area contributed by atoms with Gasteiger partial charge in [0.1, 0.15) is 5.82 Å². The Morgan fingerprint density at radius 3 is 2.87 bits per heavy atom. The smallest absolute Gasteiger partial charge is 0.201 e. The lowest BCUT2D eigenvalue weighted by Crippen LogP contribution is -2.18. The van der Waals surface area contributed by atoms with E-state index in [1.54, 1.807) is 6.07 Å². The third kappa shape index (κ3) is 1.21. The molecule has 0 aliphatic heterocycles. The second-order valence-electron chi connectivity index (χ2n) is 4.06. The van der Waals surface area contributed by atoms with Crippen molar-refractivity contribution in [3.8, 4) is 0 Å². The summed E-state index contributed by atoms with van der Waals surface area (Å²) in [6, 6.07) is 5.10. The van der Waals surface area contributed by atoms with Crippen molar-refractivity contribution in [3.05, 3.63) is 24.0 Å². The molecule has 0 spiro atoms. The molecule has 0 unspecified atom stereocenters. The van der Waals surface area contributed by atoms with Crippen LogP contribution >= 0.6 is 0 Å². The van der Waals surface area contributed by atoms with Gasteiger partial charge in [-0.05, 0) is 31.4 Å². The summed E-state index contributed by atoms with van der Waals surface area (Å²) >= 11 is 0. The van der Waals surface area contributed by atoms with Crippen LogP contribution in [0.3, 0.4) is 0 Å². The number of fused-ring (bicyclic) bond motifs is 1. The number of halogens is 1. The van der Waals surface area contributed by atoms with Gasteiger partial charge < -0.3 is 10.3 Å². The number of hydrogen-bond donors (Lipinski definition) is 1. The molecular formula is C11H12FN3. The number of imidazole rings is 1. The first-order valence-electron chi connectivity index (χ1n) is 5.18. The maximum atomic E-state index is 13.0. The predicted octanol–water partition coefficient (Wildman–Crippen LogP) is 2.48. The van der Waals surface area contributed by atoms with Crippen LogP contribution in [0.1, 0.15) is 25.3 Å². The van der Waals surface area contributed by atoms with Gasteiger partial charge in [-0.2, -0.15) is 0 Å². The number of nitrogens with zero attached hydrogens (tertiary/aromatic N) is 2. The Hall–Kier alpha value is -1.58. The van der Waals surface area contributed by atoms with Crippen molar-refractivity contribution < 1.29 is 4.39 Å². The molecule has 3 nitrogen and oxygen atoms in total. The second-order valence-corrected chi connectivity index (χ2v) is 4.06. The van der Waals surface area contributed by atoms with E-state index in [1.807, 2.05) is 4.57 Å². The molecule has 1 aromatic carbocycles. The summed E-state index contributed by atoms with van der Waals surface area (Å²) in [6.07, 6.45) is 3.53. The monoisotopic (exact) mass is 205 g/mol. The number of benzene rings is 1. The van der Waals surface area contributed by atoms with Crippen LogP contribution in [-0.4, -0.2) is 9.55 Å². The highest BCUT2D eigenvalue weighted by Crippen LogP contribution is 2.36. The minimum Gasteiger partial charge on any atom is -0.369 e. The quantitative estimate of drug-likeness (QED) is 0.777. The standard InChI is InChI=1S/C11H12FN3/c12-7-4-5-10-9(6-7)14-11(13)15(10)8-2-1-3-8/h4-6,8H,1-3H2,(H2,13,14). The Morgan fingerprint density at radius 1 is 1.40 bits per heavy atom. The van der Waals surface area contributed by atoms with E-state index in [-0.39, 0.29) is 5.82 Å². The molecule has 78 valence electrons. The molecular weight excluding hydrogens is 193 g/mol. The molecule has 1 aliphatic carbocycles. The third-order valence-corrected chi connectivity index (χ3v) is 3.12. The normalized spacial score (nSPS) is 16.9. The summed E-state index contributed by atoms with van der Waals surface area (Å²) in [4.78, 5) is 4.18. The van der Waals surface area contributed by atoms with Crippen LogP contribution < -0.4 is 5.73 Å². The van der Waals surface area contributed by atoms with E-state index in [9.17, 15) is 4.39 Å². The molecule has 1 heterocycles. The molecule has 1 fully saturated rings. The SMILES string of the molecule is Nc1nc2cc(F)ccc2n1C1CCC1. The van der Waals surface area contributed by atoms with E-state index in [2.05, 4.69) is 4.98 Å². The molecule has 4 heteroatoms. The lowest BCUT2D eigenvalue weighted by molar-refractivity contribution is 0.324. The van der Waals surface area contributed by atoms with Gasteiger partial charge >= 0.3 is 0 Å². The molecule has 0 bridgehead atoms. The Labute approximate surface area is 86.7 Å². The van der Waals surface area contributed by atoms with Crippen LogP contribution in [0, 0.1) is 5.82 Å². The molecule has 1 aliphatic rings. The number of nitrogens with two attached hydrogens (primary N) is 1. The van der Waals surface area contributed by atoms with Crippen molar-refractivity contribution in [3.63, 3.8) is 0 Å². The van der Waals surface area contributed by atoms with Crippen LogP contribution in [-0.2, 0) is 0 Å². The summed E-state index contributed by atoms with van der Waals surface area (Å²) in [5, 5.41) is 0. The second kappa shape index (κ2) is 2.95. The maximum Gasteiger partial charge on any atom is 0.201 e. The summed E-state index contributed by atoms with van der Waals surface area (Å²) in [5.74, 6) is 0.237. The zero-order chi connectivity index (χ0) is 10.4. The first kappa shape index (κ1) is 8.71. The Balaban J connectivity index is 2.23. The van der Waals surface area contributed by atoms with Crippen LogP contribution in [0.5, 0.6) is 0 Å². The van der Waals surface area contributed by atoms with Gasteiger partial charge in [0, 0.05) is 12.1 Å². The number of aromatic nitrogens is 2. The average Bonchev–Trinajstić information content (AvgIpc) is 2.40. The van der Waals surface area contributed by atoms with E-state index < -0.39 is 0 Å². The van der Waals surface area contributed by atoms with Crippen molar-refractivity contribution in [2.75, 3.05) is 5.73 Å². The summed E-state index contributed by atoms with van der Waals surface area (Å²) in [5.41, 5.74) is 7.44. The fourth-order valence-electron chi connectivity index (χ4n) is 2.12. The van der Waals surface area contributed by atoms with Crippen LogP contribution in [0.15, 0.2) is 18.2 Å². The highest BCUT2D eigenvalue weighted by atomic mass is 19.1. The highest BCUT2D eigenvalue weighted by Gasteiger charge is 2.23. The zero-order valence-electron chi connectivity index (χ0n) is 8.28. The molecule has 0 saturated heterocycles. The van der Waals surface area contributed by atoms with Gasteiger partial charge in [-0.25, -0.2) is 9.37 Å². The van der Waals surface area contributed by atoms with Gasteiger partial charge in [0.2, 0.25) is 5.95 Å². The van der Waals surface area contributed by atoms with Crippen molar-refractivity contribution in [2.24, 2.45) is 0 Å². The summed E-state index contributed by atoms with van der Waals surface area (Å²) in [6.45, 7) is 0. The van der Waals surface area contributed by atoms with E-state index in [1.165, 1.54) is 18.6 Å². The van der Waals surface area contributed by atoms with Gasteiger partial charge in [-0.15, -0.1) is 0 Å². The molecule has 0 radical (unpaired) electrons. The topological polar surface area (TPSA) is 43.8 Å². The predicted molar refractivity (Wildman–Crippen MR) is 57.0 cm³/mol. The van der Waals surface area contributed by atoms with E-state index in [0.29, 0.717) is 17.5 Å². The highest BCUT2D eigenvalue weighted by molar-refractivity contribution is 5.78. The maximum absolute atomic E-state index is 13.0. The van der Waals surface area contributed by atoms with Gasteiger partial charge in [0.25, 0.3) is 0 Å². The van der Waals surface area contributed by atoms with Crippen molar-refractivity contribution in [1.29, 1.82) is 0 Å². The van der Waals surface area contributed by atoms with Crippen LogP contribution in [0.25, 0.3) is 11.0 Å². The largest absolute Gasteiger partial charge is 0.369 e. The number of nitrogen functional groups attached to an aromatic ring is 1. The first-order chi connectivity index (χ1) is 7.25. The Bertz CT molecular complexity index is 514. The molecule has 0 amide bonds. The Kier molecular flexibility index (Phi) is 1.71. The molecule has 2 aromatic rings. The number of rotatable bonds is 1. The number of hydrogen-bond acceptors (Lipinski definition) is 2. The summed E-state index contributed by atoms with van der Waals surface area (Å²) in [7, 11) is 0. The van der Waals surface area contributed by atoms with Crippen molar-refractivity contribution in [1.82, 2.24) is 9.55 Å². The van der Waals surface area contributed by atoms with Crippen molar-refractivity contribution in [2.45, 2.75) is 25.3 Å². The fraction of sp³-hybridized carbons (Fsp3) is 0.364. The lowest BCUT2D eigenvalue weighted by atomic mass is 9.93. The average molecular weight is 205 g/mol. The molecule has 0 atom stereocenters. The summed E-state index contributed by atoms with van der Waals surface area (Å²) < 4.78 is 15.0. The molecule has 1 saturated carbocycles. The van der Waals surface area contributed by atoms with Crippen LogP contribution in [0.2, 0.25) is 0 Å². The molecule has 15 heavy (non-hydrogen) atoms. The zero-order valence-corrected chi connectivity index (χ0v) is 8.28. The molecule has 2 N–H and O–H groups in total. The Morgan fingerprint density at radius 2 is 2.20 bits per heavy atom. The van der Waals surface area contributed by atoms with Crippen LogP contribution in [0.4, 0.5) is 10.3 Å². The fourth-order valence-corrected chi connectivity index (χ4v) is 2.12. The minimum absolute atomic E-state index is 0.263. The van der Waals surface area contributed by atoms with Gasteiger partial charge in [0.15, 0.2) is 0 Å². The third-order valence-electron chi connectivity index (χ3n) is 3.12. The van der Waals surface area contributed by atoms with Gasteiger partial charge in [0.05, 0.1) is 11.0 Å². The minimum atomic E-state index is -0.263. The molecule has 1 aromatic heterocycles. The first-order valence-corrected chi connectivity index (χ1v) is 5.18. The molecule has 3 rings (SSSR count). The van der Waals surface area contributed by atoms with E-state index >= 15 is 0 Å². The van der Waals surface area contributed by atoms with Gasteiger partial charge in [-0.3, -0.25) is 0 Å².